The summed E-state index contributed by atoms with van der Waals surface area (Å²) in [5.41, 5.74) is 1.00. The Balaban J connectivity index is 1.34. The maximum absolute atomic E-state index is 12.0. The lowest BCUT2D eigenvalue weighted by Gasteiger charge is -2.42. The summed E-state index contributed by atoms with van der Waals surface area (Å²) >= 11 is 0. The van der Waals surface area contributed by atoms with Gasteiger partial charge >= 0.3 is 0 Å². The molecule has 1 N–H and O–H groups in total. The first-order valence-electron chi connectivity index (χ1n) is 11.9. The SMILES string of the molecule is COc1ccc(OCC(C)CN2CCC(C(O)(c3ccccc3)c3ccccc3)CC2)cc1. The summed E-state index contributed by atoms with van der Waals surface area (Å²) in [7, 11) is 1.67. The summed E-state index contributed by atoms with van der Waals surface area (Å²) in [5.74, 6) is 2.32. The third kappa shape index (κ3) is 5.58. The molecule has 0 amide bonds. The maximum atomic E-state index is 12.0. The Kier molecular flexibility index (Phi) is 7.69. The minimum absolute atomic E-state index is 0.185. The van der Waals surface area contributed by atoms with E-state index in [0.29, 0.717) is 12.5 Å². The van der Waals surface area contributed by atoms with Crippen LogP contribution in [0.4, 0.5) is 0 Å². The number of nitrogens with zero attached hydrogens (tertiary/aromatic N) is 1. The van der Waals surface area contributed by atoms with Crippen molar-refractivity contribution in [2.45, 2.75) is 25.4 Å². The Morgan fingerprint density at radius 3 is 1.88 bits per heavy atom. The van der Waals surface area contributed by atoms with Crippen molar-refractivity contribution >= 4 is 0 Å². The van der Waals surface area contributed by atoms with Gasteiger partial charge in [0, 0.05) is 12.5 Å². The number of aliphatic hydroxyl groups is 1. The number of hydrogen-bond donors (Lipinski definition) is 1. The highest BCUT2D eigenvalue weighted by molar-refractivity contribution is 5.37. The lowest BCUT2D eigenvalue weighted by Crippen LogP contribution is -2.45. The highest BCUT2D eigenvalue weighted by Crippen LogP contribution is 2.41. The molecule has 1 saturated heterocycles. The van der Waals surface area contributed by atoms with Gasteiger partial charge in [-0.15, -0.1) is 0 Å². The van der Waals surface area contributed by atoms with Crippen LogP contribution in [0, 0.1) is 11.8 Å². The zero-order valence-electron chi connectivity index (χ0n) is 19.7. The minimum Gasteiger partial charge on any atom is -0.497 e. The fourth-order valence-electron chi connectivity index (χ4n) is 4.96. The molecule has 1 heterocycles. The predicted octanol–water partition coefficient (Wildman–Crippen LogP) is 5.36. The van der Waals surface area contributed by atoms with Crippen LogP contribution in [-0.2, 0) is 5.60 Å². The zero-order chi connectivity index (χ0) is 23.1. The van der Waals surface area contributed by atoms with E-state index in [1.165, 1.54) is 0 Å². The summed E-state index contributed by atoms with van der Waals surface area (Å²) in [6.07, 6.45) is 1.93. The molecule has 33 heavy (non-hydrogen) atoms. The lowest BCUT2D eigenvalue weighted by atomic mass is 9.72. The van der Waals surface area contributed by atoms with Crippen LogP contribution < -0.4 is 9.47 Å². The van der Waals surface area contributed by atoms with Crippen molar-refractivity contribution < 1.29 is 14.6 Å². The number of piperidine rings is 1. The van der Waals surface area contributed by atoms with Crippen LogP contribution in [0.25, 0.3) is 0 Å². The Labute approximate surface area is 197 Å². The van der Waals surface area contributed by atoms with Crippen LogP contribution in [-0.4, -0.2) is 43.4 Å². The van der Waals surface area contributed by atoms with Gasteiger partial charge in [-0.2, -0.15) is 0 Å². The molecule has 1 aliphatic rings. The number of methoxy groups -OCH3 is 1. The Hall–Kier alpha value is -2.82. The summed E-state index contributed by atoms with van der Waals surface area (Å²) in [6.45, 7) is 5.89. The van der Waals surface area contributed by atoms with Gasteiger partial charge in [-0.3, -0.25) is 0 Å². The Bertz CT molecular complexity index is 927. The maximum Gasteiger partial charge on any atom is 0.119 e. The molecule has 0 spiro atoms. The van der Waals surface area contributed by atoms with E-state index < -0.39 is 5.60 Å². The molecule has 174 valence electrons. The molecule has 0 radical (unpaired) electrons. The highest BCUT2D eigenvalue weighted by atomic mass is 16.5. The molecule has 4 nitrogen and oxygen atoms in total. The van der Waals surface area contributed by atoms with Crippen molar-refractivity contribution in [1.29, 1.82) is 0 Å². The fourth-order valence-corrected chi connectivity index (χ4v) is 4.96. The fraction of sp³-hybridized carbons (Fsp3) is 0.379. The highest BCUT2D eigenvalue weighted by Gasteiger charge is 2.41. The third-order valence-electron chi connectivity index (χ3n) is 6.77. The zero-order valence-corrected chi connectivity index (χ0v) is 19.7. The first kappa shape index (κ1) is 23.3. The molecule has 1 aliphatic heterocycles. The second-order valence-corrected chi connectivity index (χ2v) is 9.17. The monoisotopic (exact) mass is 445 g/mol. The van der Waals surface area contributed by atoms with Gasteiger partial charge in [0.25, 0.3) is 0 Å². The molecule has 0 saturated carbocycles. The van der Waals surface area contributed by atoms with Gasteiger partial charge in [0.2, 0.25) is 0 Å². The molecule has 1 fully saturated rings. The van der Waals surface area contributed by atoms with Gasteiger partial charge in [-0.25, -0.2) is 0 Å². The predicted molar refractivity (Wildman–Crippen MR) is 133 cm³/mol. The smallest absolute Gasteiger partial charge is 0.119 e. The van der Waals surface area contributed by atoms with E-state index in [1.54, 1.807) is 7.11 Å². The van der Waals surface area contributed by atoms with Gasteiger partial charge in [-0.05, 0) is 67.2 Å². The number of likely N-dealkylation sites (tertiary alicyclic amines) is 1. The summed E-state index contributed by atoms with van der Waals surface area (Å²) in [4.78, 5) is 2.51. The normalized spacial score (nSPS) is 16.3. The van der Waals surface area contributed by atoms with E-state index in [2.05, 4.69) is 36.1 Å². The molecule has 4 heteroatoms. The van der Waals surface area contributed by atoms with Crippen molar-refractivity contribution in [3.8, 4) is 11.5 Å². The number of ether oxygens (including phenoxy) is 2. The van der Waals surface area contributed by atoms with Crippen molar-refractivity contribution in [3.63, 3.8) is 0 Å². The van der Waals surface area contributed by atoms with E-state index in [9.17, 15) is 5.11 Å². The largest absolute Gasteiger partial charge is 0.497 e. The van der Waals surface area contributed by atoms with Crippen LogP contribution in [0.3, 0.4) is 0 Å². The van der Waals surface area contributed by atoms with Crippen molar-refractivity contribution in [2.24, 2.45) is 11.8 Å². The number of rotatable bonds is 9. The van der Waals surface area contributed by atoms with E-state index in [4.69, 9.17) is 9.47 Å². The molecular weight excluding hydrogens is 410 g/mol. The summed E-state index contributed by atoms with van der Waals surface area (Å²) < 4.78 is 11.2. The molecule has 3 aromatic rings. The average molecular weight is 446 g/mol. The van der Waals surface area contributed by atoms with Crippen LogP contribution in [0.1, 0.15) is 30.9 Å². The first-order valence-corrected chi connectivity index (χ1v) is 11.9. The van der Waals surface area contributed by atoms with Crippen molar-refractivity contribution in [1.82, 2.24) is 4.90 Å². The van der Waals surface area contributed by atoms with E-state index in [-0.39, 0.29) is 5.92 Å². The number of benzene rings is 3. The topological polar surface area (TPSA) is 41.9 Å². The molecule has 0 aromatic heterocycles. The summed E-state index contributed by atoms with van der Waals surface area (Å²) in [6, 6.07) is 28.0. The minimum atomic E-state index is -0.961. The molecule has 1 unspecified atom stereocenters. The molecule has 0 bridgehead atoms. The van der Waals surface area contributed by atoms with Crippen molar-refractivity contribution in [3.05, 3.63) is 96.1 Å². The third-order valence-corrected chi connectivity index (χ3v) is 6.77. The van der Waals surface area contributed by atoms with E-state index in [0.717, 1.165) is 55.1 Å². The van der Waals surface area contributed by atoms with E-state index in [1.807, 2.05) is 60.7 Å². The molecule has 0 aliphatic carbocycles. The number of hydrogen-bond acceptors (Lipinski definition) is 4. The molecule has 4 rings (SSSR count). The molecule has 1 atom stereocenters. The Morgan fingerprint density at radius 2 is 1.36 bits per heavy atom. The van der Waals surface area contributed by atoms with Crippen LogP contribution in [0.5, 0.6) is 11.5 Å². The Morgan fingerprint density at radius 1 is 0.848 bits per heavy atom. The summed E-state index contributed by atoms with van der Waals surface area (Å²) in [5, 5.41) is 12.0. The van der Waals surface area contributed by atoms with Gasteiger partial charge in [-0.1, -0.05) is 67.6 Å². The van der Waals surface area contributed by atoms with Gasteiger partial charge < -0.3 is 19.5 Å². The standard InChI is InChI=1S/C29H35NO3/c1-23(22-33-28-15-13-27(32-2)14-16-28)21-30-19-17-26(18-20-30)29(31,24-9-5-3-6-10-24)25-11-7-4-8-12-25/h3-16,23,26,31H,17-22H2,1-2H3. The first-order chi connectivity index (χ1) is 16.1. The molecular formula is C29H35NO3. The lowest BCUT2D eigenvalue weighted by molar-refractivity contribution is -0.0164. The molecule has 3 aromatic carbocycles. The van der Waals surface area contributed by atoms with Gasteiger partial charge in [0.1, 0.15) is 17.1 Å². The van der Waals surface area contributed by atoms with Crippen LogP contribution in [0.15, 0.2) is 84.9 Å². The quantitative estimate of drug-likeness (QED) is 0.482. The van der Waals surface area contributed by atoms with Crippen molar-refractivity contribution in [2.75, 3.05) is 33.4 Å². The van der Waals surface area contributed by atoms with Crippen LogP contribution >= 0.6 is 0 Å². The van der Waals surface area contributed by atoms with Gasteiger partial charge in [0.05, 0.1) is 13.7 Å². The van der Waals surface area contributed by atoms with Gasteiger partial charge in [0.15, 0.2) is 0 Å². The van der Waals surface area contributed by atoms with Crippen LogP contribution in [0.2, 0.25) is 0 Å². The van der Waals surface area contributed by atoms with E-state index >= 15 is 0 Å². The average Bonchev–Trinajstić information content (AvgIpc) is 2.89. The second kappa shape index (κ2) is 10.9. The second-order valence-electron chi connectivity index (χ2n) is 9.17.